The normalized spacial score (nSPS) is 16.5. The number of carbonyl (C=O) groups is 1. The number of carbonyl (C=O) groups excluding carboxylic acids is 1. The van der Waals surface area contributed by atoms with Crippen LogP contribution in [0.1, 0.15) is 25.7 Å². The Kier molecular flexibility index (Phi) is 3.16. The first-order chi connectivity index (χ1) is 7.27. The number of rotatable bonds is 2. The molecule has 3 nitrogen and oxygen atoms in total. The van der Waals surface area contributed by atoms with Crippen LogP contribution in [0.3, 0.4) is 0 Å². The fraction of sp³-hybridized carbons (Fsp3) is 0.455. The van der Waals surface area contributed by atoms with Crippen LogP contribution in [0.5, 0.6) is 0 Å². The Labute approximate surface area is 93.6 Å². The van der Waals surface area contributed by atoms with Gasteiger partial charge in [0.05, 0.1) is 5.92 Å². The van der Waals surface area contributed by atoms with Gasteiger partial charge in [0.25, 0.3) is 0 Å². The fourth-order valence-corrected chi connectivity index (χ4v) is 2.00. The summed E-state index contributed by atoms with van der Waals surface area (Å²) in [6.07, 6.45) is 5.80. The van der Waals surface area contributed by atoms with E-state index in [1.54, 1.807) is 18.3 Å². The highest BCUT2D eigenvalue weighted by Crippen LogP contribution is 2.24. The van der Waals surface area contributed by atoms with Crippen molar-refractivity contribution < 1.29 is 9.63 Å². The van der Waals surface area contributed by atoms with Crippen molar-refractivity contribution in [2.24, 2.45) is 5.92 Å². The molecule has 0 spiro atoms. The Bertz CT molecular complexity index is 407. The summed E-state index contributed by atoms with van der Waals surface area (Å²) in [6.45, 7) is 0. The summed E-state index contributed by atoms with van der Waals surface area (Å²) in [4.78, 5) is 16.9. The molecule has 1 saturated carbocycles. The van der Waals surface area contributed by atoms with Gasteiger partial charge in [-0.05, 0) is 25.0 Å². The second kappa shape index (κ2) is 4.57. The Morgan fingerprint density at radius 3 is 2.80 bits per heavy atom. The van der Waals surface area contributed by atoms with Gasteiger partial charge in [-0.3, -0.25) is 0 Å². The van der Waals surface area contributed by atoms with Gasteiger partial charge in [0.15, 0.2) is 0 Å². The summed E-state index contributed by atoms with van der Waals surface area (Å²) in [5.41, 5.74) is 0. The Morgan fingerprint density at radius 1 is 1.40 bits per heavy atom. The Hall–Kier alpha value is -1.16. The molecule has 1 fully saturated rings. The lowest BCUT2D eigenvalue weighted by Gasteiger charge is -2.10. The van der Waals surface area contributed by atoms with Gasteiger partial charge in [-0.2, -0.15) is 4.73 Å². The molecule has 80 valence electrons. The monoisotopic (exact) mass is 223 g/mol. The standard InChI is InChI=1S/C11H13NO2S/c13-11(9-5-1-2-6-9)14-12-8-4-3-7-10(12)15/h3-4,7-9H,1-2,5-6H2. The fourth-order valence-electron chi connectivity index (χ4n) is 1.82. The lowest BCUT2D eigenvalue weighted by atomic mass is 10.1. The van der Waals surface area contributed by atoms with E-state index in [1.807, 2.05) is 6.07 Å². The van der Waals surface area contributed by atoms with Gasteiger partial charge in [-0.25, -0.2) is 4.79 Å². The zero-order valence-electron chi connectivity index (χ0n) is 8.39. The first kappa shape index (κ1) is 10.4. The van der Waals surface area contributed by atoms with Crippen LogP contribution in [0, 0.1) is 10.6 Å². The average Bonchev–Trinajstić information content (AvgIpc) is 2.74. The van der Waals surface area contributed by atoms with Crippen molar-refractivity contribution in [2.75, 3.05) is 0 Å². The van der Waals surface area contributed by atoms with Crippen molar-refractivity contribution in [1.82, 2.24) is 4.73 Å². The third-order valence-electron chi connectivity index (χ3n) is 2.67. The summed E-state index contributed by atoms with van der Waals surface area (Å²) in [6, 6.07) is 5.34. The van der Waals surface area contributed by atoms with E-state index in [0.717, 1.165) is 25.7 Å². The molecule has 4 heteroatoms. The molecule has 15 heavy (non-hydrogen) atoms. The molecular formula is C11H13NO2S. The lowest BCUT2D eigenvalue weighted by molar-refractivity contribution is -0.149. The minimum absolute atomic E-state index is 0.0621. The molecule has 1 heterocycles. The van der Waals surface area contributed by atoms with Gasteiger partial charge in [0, 0.05) is 6.20 Å². The van der Waals surface area contributed by atoms with Gasteiger partial charge in [0.1, 0.15) is 4.64 Å². The van der Waals surface area contributed by atoms with Gasteiger partial charge >= 0.3 is 5.97 Å². The van der Waals surface area contributed by atoms with Crippen LogP contribution in [0.25, 0.3) is 0 Å². The molecule has 0 amide bonds. The number of nitrogens with zero attached hydrogens (tertiary/aromatic N) is 1. The molecule has 1 aliphatic carbocycles. The number of aromatic nitrogens is 1. The molecule has 1 aliphatic rings. The molecular weight excluding hydrogens is 210 g/mol. The van der Waals surface area contributed by atoms with Crippen LogP contribution < -0.4 is 4.84 Å². The molecule has 1 aromatic heterocycles. The van der Waals surface area contributed by atoms with Gasteiger partial charge in [-0.1, -0.05) is 31.1 Å². The van der Waals surface area contributed by atoms with E-state index in [0.29, 0.717) is 4.64 Å². The van der Waals surface area contributed by atoms with E-state index < -0.39 is 0 Å². The highest BCUT2D eigenvalue weighted by molar-refractivity contribution is 7.71. The Morgan fingerprint density at radius 2 is 2.13 bits per heavy atom. The van der Waals surface area contributed by atoms with Crippen molar-refractivity contribution in [2.45, 2.75) is 25.7 Å². The van der Waals surface area contributed by atoms with Crippen molar-refractivity contribution >= 4 is 18.2 Å². The molecule has 0 aromatic carbocycles. The van der Waals surface area contributed by atoms with Crippen LogP contribution >= 0.6 is 12.2 Å². The number of pyridine rings is 1. The van der Waals surface area contributed by atoms with Gasteiger partial charge in [-0.15, -0.1) is 0 Å². The minimum Gasteiger partial charge on any atom is -0.335 e. The highest BCUT2D eigenvalue weighted by Gasteiger charge is 2.24. The Balaban J connectivity index is 2.05. The topological polar surface area (TPSA) is 31.2 Å². The maximum absolute atomic E-state index is 11.7. The maximum atomic E-state index is 11.7. The largest absolute Gasteiger partial charge is 0.335 e. The van der Waals surface area contributed by atoms with Crippen molar-refractivity contribution in [3.63, 3.8) is 0 Å². The smallest absolute Gasteiger partial charge is 0.335 e. The van der Waals surface area contributed by atoms with Gasteiger partial charge in [0.2, 0.25) is 0 Å². The quantitative estimate of drug-likeness (QED) is 0.721. The van der Waals surface area contributed by atoms with Crippen LogP contribution in [0.15, 0.2) is 24.4 Å². The molecule has 0 radical (unpaired) electrons. The summed E-state index contributed by atoms with van der Waals surface area (Å²) in [7, 11) is 0. The molecule has 1 aromatic rings. The van der Waals surface area contributed by atoms with Crippen molar-refractivity contribution in [3.8, 4) is 0 Å². The predicted molar refractivity (Wildman–Crippen MR) is 58.8 cm³/mol. The molecule has 0 saturated heterocycles. The highest BCUT2D eigenvalue weighted by atomic mass is 32.1. The summed E-state index contributed by atoms with van der Waals surface area (Å²) in [5, 5.41) is 0. The second-order valence-electron chi connectivity index (χ2n) is 3.76. The van der Waals surface area contributed by atoms with Crippen LogP contribution in [-0.4, -0.2) is 10.7 Å². The average molecular weight is 223 g/mol. The van der Waals surface area contributed by atoms with E-state index in [2.05, 4.69) is 0 Å². The zero-order chi connectivity index (χ0) is 10.7. The van der Waals surface area contributed by atoms with E-state index >= 15 is 0 Å². The van der Waals surface area contributed by atoms with Crippen LogP contribution in [-0.2, 0) is 4.79 Å². The van der Waals surface area contributed by atoms with E-state index in [1.165, 1.54) is 4.73 Å². The molecule has 2 rings (SSSR count). The summed E-state index contributed by atoms with van der Waals surface area (Å²) < 4.78 is 1.87. The van der Waals surface area contributed by atoms with E-state index in [9.17, 15) is 4.79 Å². The summed E-state index contributed by atoms with van der Waals surface area (Å²) >= 11 is 5.03. The van der Waals surface area contributed by atoms with Crippen LogP contribution in [0.2, 0.25) is 0 Å². The van der Waals surface area contributed by atoms with Crippen molar-refractivity contribution in [3.05, 3.63) is 29.0 Å². The van der Waals surface area contributed by atoms with Crippen molar-refractivity contribution in [1.29, 1.82) is 0 Å². The summed E-state index contributed by atoms with van der Waals surface area (Å²) in [5.74, 6) is -0.0955. The van der Waals surface area contributed by atoms with E-state index in [-0.39, 0.29) is 11.9 Å². The number of hydrogen-bond donors (Lipinski definition) is 0. The molecule has 0 N–H and O–H groups in total. The lowest BCUT2D eigenvalue weighted by Crippen LogP contribution is -2.25. The maximum Gasteiger partial charge on any atom is 0.335 e. The number of hydrogen-bond acceptors (Lipinski definition) is 3. The molecule has 0 unspecified atom stereocenters. The SMILES string of the molecule is O=C(On1ccccc1=S)C1CCCC1. The molecule has 0 atom stereocenters. The third-order valence-corrected chi connectivity index (χ3v) is 2.98. The minimum atomic E-state index is -0.158. The molecule has 0 bridgehead atoms. The van der Waals surface area contributed by atoms with Crippen LogP contribution in [0.4, 0.5) is 0 Å². The first-order valence-corrected chi connectivity index (χ1v) is 5.58. The predicted octanol–water partition coefficient (Wildman–Crippen LogP) is 2.36. The first-order valence-electron chi connectivity index (χ1n) is 5.17. The zero-order valence-corrected chi connectivity index (χ0v) is 9.20. The van der Waals surface area contributed by atoms with Gasteiger partial charge < -0.3 is 4.84 Å². The molecule has 0 aliphatic heterocycles. The van der Waals surface area contributed by atoms with E-state index in [4.69, 9.17) is 17.1 Å². The second-order valence-corrected chi connectivity index (χ2v) is 4.17. The third kappa shape index (κ3) is 2.45.